The van der Waals surface area contributed by atoms with Crippen LogP contribution in [0.5, 0.6) is 0 Å². The first-order chi connectivity index (χ1) is 8.80. The Morgan fingerprint density at radius 2 is 2.05 bits per heavy atom. The van der Waals surface area contributed by atoms with Gasteiger partial charge in [0.1, 0.15) is 5.60 Å². The van der Waals surface area contributed by atoms with Crippen molar-refractivity contribution < 1.29 is 19.1 Å². The van der Waals surface area contributed by atoms with Gasteiger partial charge in [-0.2, -0.15) is 0 Å². The van der Waals surface area contributed by atoms with Crippen molar-refractivity contribution in [3.8, 4) is 0 Å². The summed E-state index contributed by atoms with van der Waals surface area (Å²) in [5.74, 6) is -0.886. The molecule has 0 fully saturated rings. The highest BCUT2D eigenvalue weighted by Crippen LogP contribution is 2.08. The molecule has 1 atom stereocenters. The third-order valence-electron chi connectivity index (χ3n) is 1.95. The minimum Gasteiger partial charge on any atom is -0.467 e. The van der Waals surface area contributed by atoms with Gasteiger partial charge in [0.25, 0.3) is 0 Å². The number of carbonyl (C=O) groups is 2. The summed E-state index contributed by atoms with van der Waals surface area (Å²) in [7, 11) is 1.28. The van der Waals surface area contributed by atoms with E-state index < -0.39 is 23.6 Å². The first kappa shape index (κ1) is 17.5. The highest BCUT2D eigenvalue weighted by Gasteiger charge is 2.17. The Morgan fingerprint density at radius 3 is 2.53 bits per heavy atom. The molecule has 6 heteroatoms. The lowest BCUT2D eigenvalue weighted by Gasteiger charge is -2.17. The summed E-state index contributed by atoms with van der Waals surface area (Å²) in [5.41, 5.74) is -0.516. The molecule has 106 valence electrons. The zero-order valence-electron chi connectivity index (χ0n) is 11.6. The van der Waals surface area contributed by atoms with Crippen LogP contribution in [-0.2, 0) is 19.1 Å². The minimum atomic E-state index is -0.675. The van der Waals surface area contributed by atoms with Gasteiger partial charge < -0.3 is 9.47 Å². The molecule has 0 spiro atoms. The largest absolute Gasteiger partial charge is 0.467 e. The predicted octanol–water partition coefficient (Wildman–Crippen LogP) is 2.31. The summed E-state index contributed by atoms with van der Waals surface area (Å²) in [5, 5.41) is 2.16. The van der Waals surface area contributed by atoms with Gasteiger partial charge >= 0.3 is 11.9 Å². The Morgan fingerprint density at radius 1 is 1.42 bits per heavy atom. The number of allylic oxidation sites excluding steroid dienone is 1. The van der Waals surface area contributed by atoms with Gasteiger partial charge in [-0.15, -0.1) is 0 Å². The number of aliphatic imine (C=N–C) groups is 1. The molecule has 19 heavy (non-hydrogen) atoms. The standard InChI is InChI=1S/C13H19NO4S/c1-13(2,3)18-11(15)8-6-5-7-10(14-9-19)12(16)17-4/h6,8,10H,5,7H2,1-4H3/b8-6+. The average molecular weight is 285 g/mol. The van der Waals surface area contributed by atoms with E-state index in [2.05, 4.69) is 27.1 Å². The van der Waals surface area contributed by atoms with E-state index in [1.807, 2.05) is 0 Å². The second-order valence-electron chi connectivity index (χ2n) is 4.77. The SMILES string of the molecule is COC(=O)C(CC/C=C/C(=O)OC(C)(C)C)N=C=S. The van der Waals surface area contributed by atoms with Gasteiger partial charge in [-0.3, -0.25) is 0 Å². The van der Waals surface area contributed by atoms with Crippen molar-refractivity contribution >= 4 is 29.3 Å². The van der Waals surface area contributed by atoms with Gasteiger partial charge in [0.15, 0.2) is 6.04 Å². The molecule has 0 radical (unpaired) electrons. The van der Waals surface area contributed by atoms with Crippen molar-refractivity contribution in [2.45, 2.75) is 45.3 Å². The van der Waals surface area contributed by atoms with E-state index in [0.717, 1.165) is 0 Å². The molecule has 0 bridgehead atoms. The molecule has 0 aliphatic heterocycles. The fourth-order valence-electron chi connectivity index (χ4n) is 1.20. The van der Waals surface area contributed by atoms with E-state index in [4.69, 9.17) is 4.74 Å². The fraction of sp³-hybridized carbons (Fsp3) is 0.615. The van der Waals surface area contributed by atoms with E-state index in [1.165, 1.54) is 13.2 Å². The first-order valence-corrected chi connectivity index (χ1v) is 6.25. The topological polar surface area (TPSA) is 65.0 Å². The first-order valence-electron chi connectivity index (χ1n) is 5.84. The quantitative estimate of drug-likeness (QED) is 0.324. The number of isothiocyanates is 1. The molecular formula is C13H19NO4S. The molecule has 0 N–H and O–H groups in total. The van der Waals surface area contributed by atoms with Gasteiger partial charge in [-0.25, -0.2) is 14.6 Å². The molecule has 1 unspecified atom stereocenters. The lowest BCUT2D eigenvalue weighted by Crippen LogP contribution is -2.22. The summed E-state index contributed by atoms with van der Waals surface area (Å²) >= 11 is 4.46. The van der Waals surface area contributed by atoms with Crippen LogP contribution in [0.4, 0.5) is 0 Å². The average Bonchev–Trinajstić information content (AvgIpc) is 2.30. The molecule has 0 saturated carbocycles. The molecule has 0 aromatic heterocycles. The van der Waals surface area contributed by atoms with Gasteiger partial charge in [-0.05, 0) is 45.8 Å². The number of nitrogens with zero attached hydrogens (tertiary/aromatic N) is 1. The number of methoxy groups -OCH3 is 1. The summed E-state index contributed by atoms with van der Waals surface area (Å²) in [6.45, 7) is 5.38. The number of esters is 2. The number of hydrogen-bond acceptors (Lipinski definition) is 6. The van der Waals surface area contributed by atoms with E-state index in [0.29, 0.717) is 12.8 Å². The summed E-state index contributed by atoms with van der Waals surface area (Å²) in [6, 6.07) is -0.675. The maximum absolute atomic E-state index is 11.4. The zero-order chi connectivity index (χ0) is 14.9. The number of rotatable bonds is 6. The van der Waals surface area contributed by atoms with Crippen molar-refractivity contribution in [3.05, 3.63) is 12.2 Å². The maximum atomic E-state index is 11.4. The Bertz CT molecular complexity index is 392. The molecule has 5 nitrogen and oxygen atoms in total. The summed E-state index contributed by atoms with van der Waals surface area (Å²) in [4.78, 5) is 26.4. The lowest BCUT2D eigenvalue weighted by atomic mass is 10.1. The molecule has 0 aliphatic carbocycles. The number of thiocarbonyl (C=S) groups is 1. The Balaban J connectivity index is 4.22. The molecule has 0 amide bonds. The van der Waals surface area contributed by atoms with Crippen LogP contribution >= 0.6 is 12.2 Å². The second-order valence-corrected chi connectivity index (χ2v) is 4.96. The molecule has 0 aromatic carbocycles. The van der Waals surface area contributed by atoms with Crippen molar-refractivity contribution in [1.29, 1.82) is 0 Å². The second kappa shape index (κ2) is 8.56. The third-order valence-corrected chi connectivity index (χ3v) is 2.05. The minimum absolute atomic E-state index is 0.398. The maximum Gasteiger partial charge on any atom is 0.331 e. The monoisotopic (exact) mass is 285 g/mol. The number of carbonyl (C=O) groups excluding carboxylic acids is 2. The van der Waals surface area contributed by atoms with Gasteiger partial charge in [0.2, 0.25) is 0 Å². The smallest absolute Gasteiger partial charge is 0.331 e. The fourth-order valence-corrected chi connectivity index (χ4v) is 1.33. The van der Waals surface area contributed by atoms with E-state index in [9.17, 15) is 9.59 Å². The number of hydrogen-bond donors (Lipinski definition) is 0. The molecule has 0 aliphatic rings. The van der Waals surface area contributed by atoms with Crippen molar-refractivity contribution in [1.82, 2.24) is 0 Å². The van der Waals surface area contributed by atoms with Crippen molar-refractivity contribution in [3.63, 3.8) is 0 Å². The zero-order valence-corrected chi connectivity index (χ0v) is 12.5. The van der Waals surface area contributed by atoms with Gasteiger partial charge in [0.05, 0.1) is 12.3 Å². The van der Waals surface area contributed by atoms with Crippen molar-refractivity contribution in [2.24, 2.45) is 4.99 Å². The van der Waals surface area contributed by atoms with Gasteiger partial charge in [0, 0.05) is 6.08 Å². The van der Waals surface area contributed by atoms with Crippen LogP contribution in [-0.4, -0.2) is 35.9 Å². The van der Waals surface area contributed by atoms with E-state index in [1.54, 1.807) is 26.8 Å². The van der Waals surface area contributed by atoms with Crippen LogP contribution < -0.4 is 0 Å². The molecule has 0 rings (SSSR count). The third kappa shape index (κ3) is 9.11. The van der Waals surface area contributed by atoms with Crippen LogP contribution in [0.25, 0.3) is 0 Å². The van der Waals surface area contributed by atoms with E-state index in [-0.39, 0.29) is 0 Å². The van der Waals surface area contributed by atoms with Crippen LogP contribution in [0, 0.1) is 0 Å². The Labute approximate surface area is 118 Å². The molecular weight excluding hydrogens is 266 g/mol. The summed E-state index contributed by atoms with van der Waals surface area (Å²) in [6.07, 6.45) is 3.85. The van der Waals surface area contributed by atoms with E-state index >= 15 is 0 Å². The normalized spacial score (nSPS) is 12.6. The predicted molar refractivity (Wildman–Crippen MR) is 75.0 cm³/mol. The van der Waals surface area contributed by atoms with Crippen LogP contribution in [0.15, 0.2) is 17.1 Å². The molecule has 0 saturated heterocycles. The molecule has 0 aromatic rings. The lowest BCUT2D eigenvalue weighted by molar-refractivity contribution is -0.148. The van der Waals surface area contributed by atoms with Crippen LogP contribution in [0.1, 0.15) is 33.6 Å². The Kier molecular flexibility index (Phi) is 7.87. The highest BCUT2D eigenvalue weighted by atomic mass is 32.1. The van der Waals surface area contributed by atoms with Crippen LogP contribution in [0.2, 0.25) is 0 Å². The molecule has 0 heterocycles. The van der Waals surface area contributed by atoms with Crippen molar-refractivity contribution in [2.75, 3.05) is 7.11 Å². The highest BCUT2D eigenvalue weighted by molar-refractivity contribution is 7.78. The van der Waals surface area contributed by atoms with Gasteiger partial charge in [-0.1, -0.05) is 6.08 Å². The van der Waals surface area contributed by atoms with Crippen LogP contribution in [0.3, 0.4) is 0 Å². The number of ether oxygens (including phenoxy) is 2. The Hall–Kier alpha value is -1.52. The summed E-state index contributed by atoms with van der Waals surface area (Å²) < 4.78 is 9.67.